The molecule has 2 atom stereocenters. The minimum absolute atomic E-state index is 0.0382. The van der Waals surface area contributed by atoms with Gasteiger partial charge in [0.2, 0.25) is 6.16 Å². The Labute approximate surface area is 343 Å². The predicted octanol–water partition coefficient (Wildman–Crippen LogP) is 10.9. The predicted molar refractivity (Wildman–Crippen MR) is 235 cm³/mol. The van der Waals surface area contributed by atoms with Gasteiger partial charge in [0.1, 0.15) is 11.9 Å². The maximum Gasteiger partial charge on any atom is 0.511 e. The fourth-order valence-electron chi connectivity index (χ4n) is 7.47. The smallest absolute Gasteiger partial charge is 0.481 e. The third kappa shape index (κ3) is 9.58. The summed E-state index contributed by atoms with van der Waals surface area (Å²) in [7, 11) is -5.54. The van der Waals surface area contributed by atoms with Gasteiger partial charge in [0.05, 0.1) is 23.4 Å². The molecule has 9 heteroatoms. The van der Waals surface area contributed by atoms with E-state index in [1.807, 2.05) is 121 Å². The Morgan fingerprint density at radius 1 is 0.759 bits per heavy atom. The summed E-state index contributed by atoms with van der Waals surface area (Å²) < 4.78 is 41.0. The van der Waals surface area contributed by atoms with Crippen molar-refractivity contribution in [2.75, 3.05) is 12.8 Å². The highest BCUT2D eigenvalue weighted by atomic mass is 31.1. The average Bonchev–Trinajstić information content (AvgIpc) is 3.22. The summed E-state index contributed by atoms with van der Waals surface area (Å²) in [6.07, 6.45) is -1.38. The number of benzene rings is 5. The minimum atomic E-state index is -3.16. The van der Waals surface area contributed by atoms with Crippen LogP contribution in [0.5, 0.6) is 0 Å². The van der Waals surface area contributed by atoms with Crippen molar-refractivity contribution in [2.24, 2.45) is 0 Å². The van der Waals surface area contributed by atoms with Crippen LogP contribution in [0.25, 0.3) is 33.5 Å². The van der Waals surface area contributed by atoms with E-state index < -0.39 is 33.5 Å². The Bertz CT molecular complexity index is 2350. The van der Waals surface area contributed by atoms with Crippen molar-refractivity contribution in [3.63, 3.8) is 0 Å². The van der Waals surface area contributed by atoms with Crippen LogP contribution in [-0.4, -0.2) is 43.2 Å². The molecule has 0 saturated heterocycles. The number of aliphatic carboxylic acids is 1. The number of hydrogen-bond acceptors (Lipinski definition) is 5. The monoisotopic (exact) mass is 808 g/mol. The van der Waals surface area contributed by atoms with E-state index in [4.69, 9.17) is 13.9 Å². The van der Waals surface area contributed by atoms with Crippen LogP contribution >= 0.6 is 8.03 Å². The van der Waals surface area contributed by atoms with E-state index in [-0.39, 0.29) is 30.9 Å². The summed E-state index contributed by atoms with van der Waals surface area (Å²) >= 11 is 0. The highest BCUT2D eigenvalue weighted by Crippen LogP contribution is 2.44. The van der Waals surface area contributed by atoms with E-state index in [9.17, 15) is 18.9 Å². The van der Waals surface area contributed by atoms with Gasteiger partial charge in [0.15, 0.2) is 6.61 Å². The van der Waals surface area contributed by atoms with E-state index in [1.54, 1.807) is 12.1 Å². The quantitative estimate of drug-likeness (QED) is 0.0670. The van der Waals surface area contributed by atoms with Gasteiger partial charge in [-0.1, -0.05) is 180 Å². The lowest BCUT2D eigenvalue weighted by molar-refractivity contribution is -0.138. The largest absolute Gasteiger partial charge is 0.511 e. The second-order valence-corrected chi connectivity index (χ2v) is 21.0. The highest BCUT2D eigenvalue weighted by Gasteiger charge is 2.52. The molecule has 1 aromatic heterocycles. The summed E-state index contributed by atoms with van der Waals surface area (Å²) in [5.41, 5.74) is 6.50. The van der Waals surface area contributed by atoms with E-state index in [0.717, 1.165) is 49.6 Å². The van der Waals surface area contributed by atoms with Gasteiger partial charge in [-0.3, -0.25) is 9.78 Å². The standard InChI is InChI=1S/C49H47FNO5PSi/c1-35(2)47-43(45(37-28-30-39(50)31-29-37)46(36-19-10-6-11-20-36)48(51-47)38-21-12-7-13-22-38)27-18-32-55-57(54)34-40(33-44(52)53)56-58(49(3,4)5,41-23-14-8-15-24-41)42-25-16-9-17-26-42/h6-17,19-26,28-31,35,40H,32-34H2,1-5H3/p+1/t40-/m0/s1. The van der Waals surface area contributed by atoms with Crippen molar-refractivity contribution in [1.29, 1.82) is 0 Å². The van der Waals surface area contributed by atoms with E-state index in [1.165, 1.54) is 12.1 Å². The Balaban J connectivity index is 1.37. The van der Waals surface area contributed by atoms with Gasteiger partial charge < -0.3 is 9.53 Å². The van der Waals surface area contributed by atoms with Crippen molar-refractivity contribution in [1.82, 2.24) is 4.98 Å². The maximum atomic E-state index is 14.4. The summed E-state index contributed by atoms with van der Waals surface area (Å²) in [5.74, 6) is 4.99. The molecule has 0 fully saturated rings. The first-order chi connectivity index (χ1) is 27.9. The molecule has 6 aromatic rings. The molecule has 0 aliphatic heterocycles. The van der Waals surface area contributed by atoms with Crippen molar-refractivity contribution < 1.29 is 27.8 Å². The Kier molecular flexibility index (Phi) is 13.6. The second-order valence-electron chi connectivity index (χ2n) is 15.5. The molecular weight excluding hydrogens is 761 g/mol. The van der Waals surface area contributed by atoms with Crippen LogP contribution in [0.4, 0.5) is 4.39 Å². The number of rotatable bonds is 14. The van der Waals surface area contributed by atoms with Crippen LogP contribution in [0.1, 0.15) is 58.2 Å². The average molecular weight is 809 g/mol. The summed E-state index contributed by atoms with van der Waals surface area (Å²) in [5, 5.41) is 11.6. The van der Waals surface area contributed by atoms with Crippen LogP contribution in [0, 0.1) is 17.7 Å². The number of carboxylic acid groups (broad SMARTS) is 1. The van der Waals surface area contributed by atoms with Crippen molar-refractivity contribution in [3.8, 4) is 45.4 Å². The molecule has 6 rings (SSSR count). The number of hydrogen-bond donors (Lipinski definition) is 1. The molecule has 294 valence electrons. The van der Waals surface area contributed by atoms with Crippen molar-refractivity contribution in [3.05, 3.63) is 163 Å². The fraction of sp³-hybridized carbons (Fsp3) is 0.224. The highest BCUT2D eigenvalue weighted by molar-refractivity contribution is 7.39. The van der Waals surface area contributed by atoms with Gasteiger partial charge in [-0.25, -0.2) is 4.39 Å². The zero-order valence-corrected chi connectivity index (χ0v) is 35.4. The molecule has 0 aliphatic carbocycles. The molecular formula is C49H48FNO5PSi+. The maximum absolute atomic E-state index is 14.4. The molecule has 0 bridgehead atoms. The van der Waals surface area contributed by atoms with E-state index in [0.29, 0.717) is 5.56 Å². The lowest BCUT2D eigenvalue weighted by Crippen LogP contribution is -2.68. The molecule has 58 heavy (non-hydrogen) atoms. The topological polar surface area (TPSA) is 85.7 Å². The zero-order chi connectivity index (χ0) is 41.3. The normalized spacial score (nSPS) is 12.4. The van der Waals surface area contributed by atoms with Gasteiger partial charge in [-0.2, -0.15) is 0 Å². The van der Waals surface area contributed by atoms with Crippen LogP contribution in [0.15, 0.2) is 146 Å². The first-order valence-corrected chi connectivity index (χ1v) is 22.7. The SMILES string of the molecule is CC(C)c1nc(-c2ccccc2)c(-c2ccccc2)c(-c2ccc(F)cc2)c1C#CCO[P+](=O)C[C@H](CC(=O)O)O[Si](c1ccccc1)(c1ccccc1)C(C)(C)C. The molecule has 0 saturated carbocycles. The second kappa shape index (κ2) is 18.8. The van der Waals surface area contributed by atoms with Gasteiger partial charge in [0, 0.05) is 16.7 Å². The minimum Gasteiger partial charge on any atom is -0.481 e. The molecule has 0 spiro atoms. The van der Waals surface area contributed by atoms with Crippen molar-refractivity contribution in [2.45, 2.75) is 58.1 Å². The summed E-state index contributed by atoms with van der Waals surface area (Å²) in [6.45, 7) is 10.3. The number of nitrogens with zero attached hydrogens (tertiary/aromatic N) is 1. The Morgan fingerprint density at radius 2 is 1.26 bits per heavy atom. The van der Waals surface area contributed by atoms with Crippen LogP contribution in [0.2, 0.25) is 5.04 Å². The van der Waals surface area contributed by atoms with Crippen LogP contribution in [-0.2, 0) is 18.3 Å². The van der Waals surface area contributed by atoms with Crippen LogP contribution < -0.4 is 10.4 Å². The first-order valence-electron chi connectivity index (χ1n) is 19.4. The van der Waals surface area contributed by atoms with E-state index in [2.05, 4.69) is 46.5 Å². The molecule has 0 aliphatic rings. The summed E-state index contributed by atoms with van der Waals surface area (Å²) in [6, 6.07) is 46.2. The Hall–Kier alpha value is -5.55. The van der Waals surface area contributed by atoms with Gasteiger partial charge >= 0.3 is 14.0 Å². The molecule has 1 unspecified atom stereocenters. The lowest BCUT2D eigenvalue weighted by Gasteiger charge is -2.44. The first kappa shape index (κ1) is 42.1. The van der Waals surface area contributed by atoms with Gasteiger partial charge in [-0.15, -0.1) is 4.52 Å². The number of pyridine rings is 1. The molecule has 6 nitrogen and oxygen atoms in total. The third-order valence-corrected chi connectivity index (χ3v) is 16.2. The van der Waals surface area contributed by atoms with Gasteiger partial charge in [-0.05, 0) is 49.2 Å². The fourth-order valence-corrected chi connectivity index (χ4v) is 13.1. The molecule has 1 N–H and O–H groups in total. The molecule has 0 amide bonds. The number of carbonyl (C=O) groups is 1. The number of halogens is 1. The number of carboxylic acids is 1. The van der Waals surface area contributed by atoms with Gasteiger partial charge in [0.25, 0.3) is 8.32 Å². The van der Waals surface area contributed by atoms with Crippen molar-refractivity contribution >= 4 is 32.7 Å². The molecule has 5 aromatic carbocycles. The molecule has 1 heterocycles. The molecule has 0 radical (unpaired) electrons. The Morgan fingerprint density at radius 3 is 1.76 bits per heavy atom. The zero-order valence-electron chi connectivity index (χ0n) is 33.5. The third-order valence-electron chi connectivity index (χ3n) is 10.0. The number of aromatic nitrogens is 1. The lowest BCUT2D eigenvalue weighted by atomic mass is 9.85. The van der Waals surface area contributed by atoms with Crippen LogP contribution in [0.3, 0.4) is 0 Å². The van der Waals surface area contributed by atoms with E-state index >= 15 is 0 Å². The summed E-state index contributed by atoms with van der Waals surface area (Å²) in [4.78, 5) is 17.5.